The minimum absolute atomic E-state index is 0.142. The van der Waals surface area contributed by atoms with Gasteiger partial charge in [0.1, 0.15) is 0 Å². The number of hydrogen-bond donors (Lipinski definition) is 2. The molecule has 0 aromatic carbocycles. The zero-order valence-electron chi connectivity index (χ0n) is 10.3. The largest absolute Gasteiger partial charge is 0.350 e. The van der Waals surface area contributed by atoms with Crippen molar-refractivity contribution in [3.8, 4) is 0 Å². The molecule has 0 spiro atoms. The Balaban J connectivity index is 1.79. The minimum atomic E-state index is -0.142. The van der Waals surface area contributed by atoms with E-state index in [4.69, 9.17) is 5.73 Å². The molecule has 0 radical (unpaired) electrons. The Labute approximate surface area is 111 Å². The minimum Gasteiger partial charge on any atom is -0.350 e. The van der Waals surface area contributed by atoms with Crippen LogP contribution in [-0.4, -0.2) is 45.5 Å². The Kier molecular flexibility index (Phi) is 5.00. The molecule has 2 heterocycles. The van der Waals surface area contributed by atoms with Crippen molar-refractivity contribution in [1.82, 2.24) is 20.3 Å². The maximum absolute atomic E-state index is 11.8. The van der Waals surface area contributed by atoms with E-state index in [2.05, 4.69) is 15.6 Å². The summed E-state index contributed by atoms with van der Waals surface area (Å²) in [4.78, 5) is 11.8. The molecular weight excluding hydrogens is 250 g/mol. The van der Waals surface area contributed by atoms with Gasteiger partial charge in [0.2, 0.25) is 0 Å². The number of rotatable bonds is 5. The molecule has 1 amide bonds. The SMILES string of the molecule is NCCn1cc(C(=O)NCC2CCSCC2)nn1. The quantitative estimate of drug-likeness (QED) is 0.792. The zero-order valence-corrected chi connectivity index (χ0v) is 11.2. The van der Waals surface area contributed by atoms with Gasteiger partial charge in [0, 0.05) is 13.1 Å². The molecule has 6 nitrogen and oxygen atoms in total. The number of nitrogens with zero attached hydrogens (tertiary/aromatic N) is 3. The van der Waals surface area contributed by atoms with Gasteiger partial charge in [-0.25, -0.2) is 0 Å². The molecule has 1 saturated heterocycles. The van der Waals surface area contributed by atoms with E-state index in [-0.39, 0.29) is 5.91 Å². The number of aromatic nitrogens is 3. The molecule has 7 heteroatoms. The monoisotopic (exact) mass is 269 g/mol. The first-order valence-corrected chi connectivity index (χ1v) is 7.41. The number of carbonyl (C=O) groups is 1. The summed E-state index contributed by atoms with van der Waals surface area (Å²) in [7, 11) is 0. The third-order valence-corrected chi connectivity index (χ3v) is 4.07. The van der Waals surface area contributed by atoms with Crippen LogP contribution >= 0.6 is 11.8 Å². The lowest BCUT2D eigenvalue weighted by Gasteiger charge is -2.21. The standard InChI is InChI=1S/C11H19N5OS/c12-3-4-16-8-10(14-15-16)11(17)13-7-9-1-5-18-6-2-9/h8-9H,1-7,12H2,(H,13,17). The maximum Gasteiger partial charge on any atom is 0.273 e. The van der Waals surface area contributed by atoms with E-state index in [1.54, 1.807) is 10.9 Å². The van der Waals surface area contributed by atoms with Crippen molar-refractivity contribution >= 4 is 17.7 Å². The fraction of sp³-hybridized carbons (Fsp3) is 0.727. The molecule has 1 aromatic heterocycles. The predicted molar refractivity (Wildman–Crippen MR) is 71.5 cm³/mol. The maximum atomic E-state index is 11.8. The number of carbonyl (C=O) groups excluding carboxylic acids is 1. The van der Waals surface area contributed by atoms with Crippen LogP contribution in [0.2, 0.25) is 0 Å². The summed E-state index contributed by atoms with van der Waals surface area (Å²) in [6, 6.07) is 0. The van der Waals surface area contributed by atoms with E-state index >= 15 is 0 Å². The van der Waals surface area contributed by atoms with Crippen molar-refractivity contribution in [3.63, 3.8) is 0 Å². The van der Waals surface area contributed by atoms with Crippen LogP contribution in [0, 0.1) is 5.92 Å². The lowest BCUT2D eigenvalue weighted by Crippen LogP contribution is -2.31. The second-order valence-electron chi connectivity index (χ2n) is 4.42. The first-order chi connectivity index (χ1) is 8.79. The number of thioether (sulfide) groups is 1. The number of nitrogens with two attached hydrogens (primary N) is 1. The molecule has 1 fully saturated rings. The first kappa shape index (κ1) is 13.4. The Morgan fingerprint density at radius 2 is 2.33 bits per heavy atom. The average Bonchev–Trinajstić information content (AvgIpc) is 2.86. The lowest BCUT2D eigenvalue weighted by atomic mass is 10.0. The van der Waals surface area contributed by atoms with Gasteiger partial charge in [0.05, 0.1) is 12.7 Å². The fourth-order valence-electron chi connectivity index (χ4n) is 1.92. The van der Waals surface area contributed by atoms with Crippen LogP contribution in [-0.2, 0) is 6.54 Å². The molecule has 0 atom stereocenters. The van der Waals surface area contributed by atoms with Crippen LogP contribution in [0.25, 0.3) is 0 Å². The molecule has 1 aliphatic heterocycles. The van der Waals surface area contributed by atoms with Gasteiger partial charge in [-0.2, -0.15) is 11.8 Å². The van der Waals surface area contributed by atoms with Crippen molar-refractivity contribution < 1.29 is 4.79 Å². The van der Waals surface area contributed by atoms with Gasteiger partial charge in [-0.1, -0.05) is 5.21 Å². The Hall–Kier alpha value is -1.08. The van der Waals surface area contributed by atoms with Gasteiger partial charge in [0.25, 0.3) is 5.91 Å². The van der Waals surface area contributed by atoms with Crippen LogP contribution in [0.1, 0.15) is 23.3 Å². The van der Waals surface area contributed by atoms with E-state index in [1.807, 2.05) is 11.8 Å². The highest BCUT2D eigenvalue weighted by Gasteiger charge is 2.16. The van der Waals surface area contributed by atoms with Crippen LogP contribution < -0.4 is 11.1 Å². The average molecular weight is 269 g/mol. The topological polar surface area (TPSA) is 85.8 Å². The van der Waals surface area contributed by atoms with Crippen LogP contribution in [0.4, 0.5) is 0 Å². The number of amides is 1. The second kappa shape index (κ2) is 6.75. The third kappa shape index (κ3) is 3.71. The van der Waals surface area contributed by atoms with Crippen molar-refractivity contribution in [2.45, 2.75) is 19.4 Å². The van der Waals surface area contributed by atoms with Crippen LogP contribution in [0.3, 0.4) is 0 Å². The smallest absolute Gasteiger partial charge is 0.273 e. The summed E-state index contributed by atoms with van der Waals surface area (Å²) in [5.74, 6) is 2.87. The van der Waals surface area contributed by atoms with Gasteiger partial charge in [-0.05, 0) is 30.3 Å². The summed E-state index contributed by atoms with van der Waals surface area (Å²) in [6.45, 7) is 1.81. The molecule has 100 valence electrons. The molecule has 0 unspecified atom stereocenters. The molecule has 0 aliphatic carbocycles. The Morgan fingerprint density at radius 1 is 1.56 bits per heavy atom. The summed E-state index contributed by atoms with van der Waals surface area (Å²) < 4.78 is 1.59. The van der Waals surface area contributed by atoms with Gasteiger partial charge in [-0.3, -0.25) is 9.48 Å². The number of hydrogen-bond acceptors (Lipinski definition) is 5. The third-order valence-electron chi connectivity index (χ3n) is 3.02. The molecule has 0 saturated carbocycles. The van der Waals surface area contributed by atoms with Crippen LogP contribution in [0.15, 0.2) is 6.20 Å². The van der Waals surface area contributed by atoms with Gasteiger partial charge >= 0.3 is 0 Å². The molecule has 1 aromatic rings. The van der Waals surface area contributed by atoms with Gasteiger partial charge in [-0.15, -0.1) is 5.10 Å². The first-order valence-electron chi connectivity index (χ1n) is 6.25. The van der Waals surface area contributed by atoms with E-state index in [9.17, 15) is 4.79 Å². The second-order valence-corrected chi connectivity index (χ2v) is 5.65. The lowest BCUT2D eigenvalue weighted by molar-refractivity contribution is 0.0941. The highest BCUT2D eigenvalue weighted by molar-refractivity contribution is 7.99. The summed E-state index contributed by atoms with van der Waals surface area (Å²) in [6.07, 6.45) is 4.01. The summed E-state index contributed by atoms with van der Waals surface area (Å²) in [5.41, 5.74) is 5.78. The van der Waals surface area contributed by atoms with Crippen molar-refractivity contribution in [3.05, 3.63) is 11.9 Å². The van der Waals surface area contributed by atoms with Crippen LogP contribution in [0.5, 0.6) is 0 Å². The van der Waals surface area contributed by atoms with Gasteiger partial charge in [0.15, 0.2) is 5.69 Å². The molecular formula is C11H19N5OS. The summed E-state index contributed by atoms with van der Waals surface area (Å²) in [5, 5.41) is 10.6. The van der Waals surface area contributed by atoms with E-state index in [0.717, 1.165) is 6.54 Å². The van der Waals surface area contributed by atoms with E-state index < -0.39 is 0 Å². The van der Waals surface area contributed by atoms with Crippen molar-refractivity contribution in [2.75, 3.05) is 24.6 Å². The van der Waals surface area contributed by atoms with Gasteiger partial charge < -0.3 is 11.1 Å². The zero-order chi connectivity index (χ0) is 12.8. The fourth-order valence-corrected chi connectivity index (χ4v) is 3.13. The predicted octanol–water partition coefficient (Wildman–Crippen LogP) is 0.110. The molecule has 0 bridgehead atoms. The Bertz CT molecular complexity index is 389. The van der Waals surface area contributed by atoms with Crippen molar-refractivity contribution in [1.29, 1.82) is 0 Å². The summed E-state index contributed by atoms with van der Waals surface area (Å²) >= 11 is 1.99. The van der Waals surface area contributed by atoms with E-state index in [0.29, 0.717) is 24.7 Å². The van der Waals surface area contributed by atoms with E-state index in [1.165, 1.54) is 24.3 Å². The highest BCUT2D eigenvalue weighted by Crippen LogP contribution is 2.21. The molecule has 18 heavy (non-hydrogen) atoms. The number of nitrogens with one attached hydrogen (secondary N) is 1. The van der Waals surface area contributed by atoms with Crippen molar-refractivity contribution in [2.24, 2.45) is 11.7 Å². The molecule has 3 N–H and O–H groups in total. The molecule has 1 aliphatic rings. The normalized spacial score (nSPS) is 16.7. The Morgan fingerprint density at radius 3 is 3.06 bits per heavy atom. The molecule has 2 rings (SSSR count). The highest BCUT2D eigenvalue weighted by atomic mass is 32.2.